The monoisotopic (exact) mass is 457 g/mol. The maximum Gasteiger partial charge on any atom is 0.265 e. The minimum Gasteiger partial charge on any atom is -0.495 e. The molecule has 2 aromatic rings. The maximum atomic E-state index is 13.2. The van der Waals surface area contributed by atoms with Gasteiger partial charge in [0.15, 0.2) is 0 Å². The molecule has 0 aromatic heterocycles. The number of benzene rings is 2. The van der Waals surface area contributed by atoms with Crippen LogP contribution in [0.1, 0.15) is 41.6 Å². The molecule has 0 atom stereocenters. The lowest BCUT2D eigenvalue weighted by Gasteiger charge is -2.38. The van der Waals surface area contributed by atoms with Gasteiger partial charge < -0.3 is 9.64 Å². The van der Waals surface area contributed by atoms with Gasteiger partial charge in [0.05, 0.1) is 7.11 Å². The first kappa shape index (κ1) is 22.6. The van der Waals surface area contributed by atoms with Crippen molar-refractivity contribution in [2.24, 2.45) is 0 Å². The predicted molar refractivity (Wildman–Crippen MR) is 125 cm³/mol. The Kier molecular flexibility index (Phi) is 6.71. The van der Waals surface area contributed by atoms with E-state index in [4.69, 9.17) is 4.74 Å². The number of aryl methyl sites for hydroxylation is 1. The molecule has 32 heavy (non-hydrogen) atoms. The molecular formula is C24H31N3O4S. The second kappa shape index (κ2) is 9.50. The van der Waals surface area contributed by atoms with E-state index >= 15 is 0 Å². The zero-order valence-electron chi connectivity index (χ0n) is 18.7. The number of ether oxygens (including phenoxy) is 1. The first-order valence-corrected chi connectivity index (χ1v) is 12.7. The molecule has 4 rings (SSSR count). The normalized spacial score (nSPS) is 18.0. The van der Waals surface area contributed by atoms with E-state index in [1.807, 2.05) is 24.0 Å². The van der Waals surface area contributed by atoms with Crippen LogP contribution in [0, 0.1) is 6.92 Å². The van der Waals surface area contributed by atoms with Crippen LogP contribution in [-0.4, -0.2) is 63.5 Å². The second-order valence-corrected chi connectivity index (χ2v) is 10.3. The van der Waals surface area contributed by atoms with Gasteiger partial charge in [-0.25, -0.2) is 8.42 Å². The smallest absolute Gasteiger partial charge is 0.265 e. The van der Waals surface area contributed by atoms with Crippen LogP contribution in [0.3, 0.4) is 0 Å². The Morgan fingerprint density at radius 3 is 2.28 bits per heavy atom. The fourth-order valence-corrected chi connectivity index (χ4v) is 5.85. The fraction of sp³-hybridized carbons (Fsp3) is 0.458. The number of nitrogens with zero attached hydrogens (tertiary/aromatic N) is 2. The highest BCUT2D eigenvalue weighted by Crippen LogP contribution is 2.28. The van der Waals surface area contributed by atoms with E-state index in [0.29, 0.717) is 30.4 Å². The van der Waals surface area contributed by atoms with Gasteiger partial charge in [-0.2, -0.15) is 0 Å². The number of carbonyl (C=O) groups excluding carboxylic acids is 1. The van der Waals surface area contributed by atoms with Gasteiger partial charge in [0.25, 0.3) is 15.9 Å². The molecule has 7 nitrogen and oxygen atoms in total. The van der Waals surface area contributed by atoms with Crippen molar-refractivity contribution in [1.29, 1.82) is 0 Å². The highest BCUT2D eigenvalue weighted by Gasteiger charge is 2.29. The first-order valence-electron chi connectivity index (χ1n) is 11.2. The summed E-state index contributed by atoms with van der Waals surface area (Å²) >= 11 is 0. The van der Waals surface area contributed by atoms with E-state index in [9.17, 15) is 13.2 Å². The molecular weight excluding hydrogens is 426 g/mol. The number of anilines is 1. The van der Waals surface area contributed by atoms with E-state index in [1.165, 1.54) is 38.9 Å². The number of sulfonamides is 1. The Bertz CT molecular complexity index is 1060. The van der Waals surface area contributed by atoms with Crippen molar-refractivity contribution in [1.82, 2.24) is 9.80 Å². The van der Waals surface area contributed by atoms with Crippen LogP contribution in [0.25, 0.3) is 0 Å². The van der Waals surface area contributed by atoms with Crippen molar-refractivity contribution in [3.8, 4) is 5.75 Å². The molecule has 172 valence electrons. The number of amides is 1. The molecule has 2 fully saturated rings. The number of methoxy groups -OCH3 is 1. The molecule has 2 aromatic carbocycles. The minimum absolute atomic E-state index is 0.0454. The van der Waals surface area contributed by atoms with Crippen molar-refractivity contribution in [2.75, 3.05) is 38.0 Å². The molecule has 2 aliphatic rings. The SMILES string of the molecule is COc1ccc(C(=O)N2CCN(C3CCCC3)CC2)cc1S(=O)(=O)Nc1ccc(C)cc1. The summed E-state index contributed by atoms with van der Waals surface area (Å²) < 4.78 is 34.0. The predicted octanol–water partition coefficient (Wildman–Crippen LogP) is 3.50. The third kappa shape index (κ3) is 4.91. The largest absolute Gasteiger partial charge is 0.495 e. The molecule has 1 aliphatic heterocycles. The van der Waals surface area contributed by atoms with Gasteiger partial charge in [-0.1, -0.05) is 30.5 Å². The van der Waals surface area contributed by atoms with Gasteiger partial charge in [-0.15, -0.1) is 0 Å². The second-order valence-electron chi connectivity index (χ2n) is 8.60. The van der Waals surface area contributed by atoms with Crippen molar-refractivity contribution < 1.29 is 17.9 Å². The van der Waals surface area contributed by atoms with Crippen LogP contribution in [0.15, 0.2) is 47.4 Å². The van der Waals surface area contributed by atoms with Gasteiger partial charge in [0, 0.05) is 43.5 Å². The van der Waals surface area contributed by atoms with Crippen LogP contribution in [0.4, 0.5) is 5.69 Å². The molecule has 1 amide bonds. The number of hydrogen-bond donors (Lipinski definition) is 1. The molecule has 1 N–H and O–H groups in total. The summed E-state index contributed by atoms with van der Waals surface area (Å²) in [5, 5.41) is 0. The number of hydrogen-bond acceptors (Lipinski definition) is 5. The zero-order valence-corrected chi connectivity index (χ0v) is 19.5. The van der Waals surface area contributed by atoms with E-state index < -0.39 is 10.0 Å². The topological polar surface area (TPSA) is 79.0 Å². The Morgan fingerprint density at radius 2 is 1.66 bits per heavy atom. The lowest BCUT2D eigenvalue weighted by atomic mass is 10.1. The molecule has 1 saturated heterocycles. The summed E-state index contributed by atoms with van der Waals surface area (Å²) in [5.74, 6) is 0.0534. The van der Waals surface area contributed by atoms with Crippen molar-refractivity contribution in [3.63, 3.8) is 0 Å². The van der Waals surface area contributed by atoms with Crippen LogP contribution >= 0.6 is 0 Å². The van der Waals surface area contributed by atoms with E-state index in [2.05, 4.69) is 9.62 Å². The summed E-state index contributed by atoms with van der Waals surface area (Å²) in [7, 11) is -2.51. The summed E-state index contributed by atoms with van der Waals surface area (Å²) in [6.07, 6.45) is 5.09. The molecule has 1 heterocycles. The Hall–Kier alpha value is -2.58. The van der Waals surface area contributed by atoms with Gasteiger partial charge in [0.2, 0.25) is 0 Å². The molecule has 0 radical (unpaired) electrons. The van der Waals surface area contributed by atoms with E-state index in [0.717, 1.165) is 18.7 Å². The minimum atomic E-state index is -3.93. The molecule has 1 aliphatic carbocycles. The molecule has 0 spiro atoms. The third-order valence-electron chi connectivity index (χ3n) is 6.45. The van der Waals surface area contributed by atoms with Crippen LogP contribution in [-0.2, 0) is 10.0 Å². The van der Waals surface area contributed by atoms with Gasteiger partial charge in [0.1, 0.15) is 10.6 Å². The average Bonchev–Trinajstić information content (AvgIpc) is 3.35. The summed E-state index contributed by atoms with van der Waals surface area (Å²) in [6, 6.07) is 12.3. The molecule has 1 saturated carbocycles. The Labute approximate surface area is 190 Å². The van der Waals surface area contributed by atoms with Crippen molar-refractivity contribution >= 4 is 21.6 Å². The van der Waals surface area contributed by atoms with Crippen LogP contribution < -0.4 is 9.46 Å². The lowest BCUT2D eigenvalue weighted by Crippen LogP contribution is -2.51. The summed E-state index contributed by atoms with van der Waals surface area (Å²) in [4.78, 5) is 17.4. The summed E-state index contributed by atoms with van der Waals surface area (Å²) in [5.41, 5.74) is 1.84. The average molecular weight is 458 g/mol. The van der Waals surface area contributed by atoms with Crippen LogP contribution in [0.5, 0.6) is 5.75 Å². The Morgan fingerprint density at radius 1 is 1.00 bits per heavy atom. The number of nitrogens with one attached hydrogen (secondary N) is 1. The Balaban J connectivity index is 1.51. The third-order valence-corrected chi connectivity index (χ3v) is 7.85. The number of rotatable bonds is 6. The molecule has 0 unspecified atom stereocenters. The first-order chi connectivity index (χ1) is 15.4. The van der Waals surface area contributed by atoms with Gasteiger partial charge in [-0.05, 0) is 50.1 Å². The van der Waals surface area contributed by atoms with Crippen molar-refractivity contribution in [2.45, 2.75) is 43.5 Å². The van der Waals surface area contributed by atoms with E-state index in [-0.39, 0.29) is 16.6 Å². The standard InChI is InChI=1S/C24H31N3O4S/c1-18-7-10-20(11-8-18)25-32(29,30)23-17-19(9-12-22(23)31-2)24(28)27-15-13-26(14-16-27)21-5-3-4-6-21/h7-12,17,21,25H,3-6,13-16H2,1-2H3. The number of carbonyl (C=O) groups is 1. The highest BCUT2D eigenvalue weighted by atomic mass is 32.2. The lowest BCUT2D eigenvalue weighted by molar-refractivity contribution is 0.0573. The van der Waals surface area contributed by atoms with E-state index in [1.54, 1.807) is 24.3 Å². The maximum absolute atomic E-state index is 13.2. The fourth-order valence-electron chi connectivity index (χ4n) is 4.59. The summed E-state index contributed by atoms with van der Waals surface area (Å²) in [6.45, 7) is 4.99. The quantitative estimate of drug-likeness (QED) is 0.718. The van der Waals surface area contributed by atoms with Crippen LogP contribution in [0.2, 0.25) is 0 Å². The van der Waals surface area contributed by atoms with Gasteiger partial charge in [-0.3, -0.25) is 14.4 Å². The molecule has 8 heteroatoms. The number of piperazine rings is 1. The zero-order chi connectivity index (χ0) is 22.7. The highest BCUT2D eigenvalue weighted by molar-refractivity contribution is 7.92. The molecule has 0 bridgehead atoms. The van der Waals surface area contributed by atoms with Gasteiger partial charge >= 0.3 is 0 Å². The van der Waals surface area contributed by atoms with Crippen molar-refractivity contribution in [3.05, 3.63) is 53.6 Å².